The van der Waals surface area contributed by atoms with Gasteiger partial charge in [0, 0.05) is 37.3 Å². The fourth-order valence-corrected chi connectivity index (χ4v) is 6.02. The van der Waals surface area contributed by atoms with Crippen LogP contribution in [0.2, 0.25) is 0 Å². The lowest BCUT2D eigenvalue weighted by Gasteiger charge is -2.26. The molecule has 1 aliphatic rings. The van der Waals surface area contributed by atoms with Crippen molar-refractivity contribution in [3.63, 3.8) is 0 Å². The number of nitrogens with zero attached hydrogens (tertiary/aromatic N) is 2. The van der Waals surface area contributed by atoms with Gasteiger partial charge in [0.25, 0.3) is 5.91 Å². The second kappa shape index (κ2) is 11.2. The van der Waals surface area contributed by atoms with Crippen molar-refractivity contribution in [3.8, 4) is 0 Å². The summed E-state index contributed by atoms with van der Waals surface area (Å²) in [6, 6.07) is 12.7. The number of anilines is 1. The fourth-order valence-electron chi connectivity index (χ4n) is 4.88. The average Bonchev–Trinajstić information content (AvgIpc) is 3.20. The lowest BCUT2D eigenvalue weighted by molar-refractivity contribution is 0.0829. The predicted octanol–water partition coefficient (Wildman–Crippen LogP) is 2.93. The number of carbonyl (C=O) groups excluding carboxylic acids is 1. The summed E-state index contributed by atoms with van der Waals surface area (Å²) in [7, 11) is -1.96. The van der Waals surface area contributed by atoms with Crippen LogP contribution in [-0.2, 0) is 29.4 Å². The summed E-state index contributed by atoms with van der Waals surface area (Å²) in [5.74, 6) is 0.101. The number of hydrogen-bond acceptors (Lipinski definition) is 5. The van der Waals surface area contributed by atoms with E-state index in [1.54, 1.807) is 13.1 Å². The predicted molar refractivity (Wildman–Crippen MR) is 149 cm³/mol. The molecule has 8 nitrogen and oxygen atoms in total. The Morgan fingerprint density at radius 1 is 1.14 bits per heavy atom. The number of sulfonamides is 1. The highest BCUT2D eigenvalue weighted by atomic mass is 32.2. The van der Waals surface area contributed by atoms with Gasteiger partial charge in [0.05, 0.1) is 29.1 Å². The number of aromatic nitrogens is 1. The van der Waals surface area contributed by atoms with Crippen molar-refractivity contribution in [2.75, 3.05) is 30.2 Å². The highest BCUT2D eigenvalue weighted by Crippen LogP contribution is 2.35. The highest BCUT2D eigenvalue weighted by molar-refractivity contribution is 7.92. The number of amides is 1. The van der Waals surface area contributed by atoms with Gasteiger partial charge in [-0.25, -0.2) is 8.42 Å². The van der Waals surface area contributed by atoms with E-state index in [1.807, 2.05) is 54.1 Å². The van der Waals surface area contributed by atoms with Gasteiger partial charge in [0.2, 0.25) is 10.0 Å². The number of aliphatic hydroxyl groups excluding tert-OH is 1. The zero-order valence-corrected chi connectivity index (χ0v) is 22.9. The molecule has 0 radical (unpaired) electrons. The normalized spacial score (nSPS) is 16.5. The number of nitrogens with one attached hydrogen (secondary N) is 2. The molecule has 9 heteroatoms. The van der Waals surface area contributed by atoms with Crippen LogP contribution in [-0.4, -0.2) is 62.0 Å². The van der Waals surface area contributed by atoms with E-state index in [-0.39, 0.29) is 11.7 Å². The summed E-state index contributed by atoms with van der Waals surface area (Å²) in [6.07, 6.45) is 2.43. The van der Waals surface area contributed by atoms with Crippen LogP contribution in [0.3, 0.4) is 0 Å². The molecular formula is C28H38N4O4S. The van der Waals surface area contributed by atoms with Crippen molar-refractivity contribution in [2.45, 2.75) is 52.3 Å². The van der Waals surface area contributed by atoms with E-state index in [9.17, 15) is 18.3 Å². The molecule has 2 atom stereocenters. The number of aryl methyl sites for hydroxylation is 2. The Hall–Kier alpha value is -2.88. The zero-order chi connectivity index (χ0) is 26.7. The van der Waals surface area contributed by atoms with Gasteiger partial charge < -0.3 is 20.3 Å². The van der Waals surface area contributed by atoms with E-state index in [2.05, 4.69) is 24.5 Å². The summed E-state index contributed by atoms with van der Waals surface area (Å²) in [4.78, 5) is 13.6. The maximum Gasteiger partial charge on any atom is 0.251 e. The monoisotopic (exact) mass is 526 g/mol. The Balaban J connectivity index is 1.67. The maximum atomic E-state index is 13.6. The number of rotatable bonds is 10. The smallest absolute Gasteiger partial charge is 0.251 e. The third-order valence-corrected chi connectivity index (χ3v) is 8.74. The van der Waals surface area contributed by atoms with Gasteiger partial charge in [-0.15, -0.1) is 0 Å². The van der Waals surface area contributed by atoms with Crippen LogP contribution in [0, 0.1) is 5.92 Å². The zero-order valence-electron chi connectivity index (χ0n) is 22.1. The molecule has 0 aliphatic carbocycles. The van der Waals surface area contributed by atoms with E-state index in [4.69, 9.17) is 0 Å². The summed E-state index contributed by atoms with van der Waals surface area (Å²) >= 11 is 0. The number of hydrogen-bond donors (Lipinski definition) is 3. The van der Waals surface area contributed by atoms with Crippen molar-refractivity contribution in [1.82, 2.24) is 15.2 Å². The van der Waals surface area contributed by atoms with E-state index >= 15 is 0 Å². The minimum absolute atomic E-state index is 0.00135. The van der Waals surface area contributed by atoms with Crippen LogP contribution in [0.1, 0.15) is 42.3 Å². The summed E-state index contributed by atoms with van der Waals surface area (Å²) in [6.45, 7) is 7.74. The van der Waals surface area contributed by atoms with Crippen molar-refractivity contribution in [2.24, 2.45) is 5.92 Å². The van der Waals surface area contributed by atoms with Crippen LogP contribution in [0.5, 0.6) is 0 Å². The first-order valence-corrected chi connectivity index (χ1v) is 14.6. The van der Waals surface area contributed by atoms with Crippen molar-refractivity contribution >= 4 is 32.5 Å². The Morgan fingerprint density at radius 2 is 1.86 bits per heavy atom. The first kappa shape index (κ1) is 27.2. The van der Waals surface area contributed by atoms with Crippen LogP contribution in [0.25, 0.3) is 10.9 Å². The molecule has 3 N–H and O–H groups in total. The Kier molecular flexibility index (Phi) is 8.26. The molecular weight excluding hydrogens is 488 g/mol. The molecule has 0 fully saturated rings. The lowest BCUT2D eigenvalue weighted by Crippen LogP contribution is -2.49. The molecule has 0 saturated carbocycles. The first-order valence-electron chi connectivity index (χ1n) is 13.0. The SMILES string of the molecule is CCc1cn2c3c(cc(C(=O)N[C@@H](Cc4ccccc4)[C@H](O)CNCC(C)C)cc13)N(C)S(=O)(=O)CC2. The summed E-state index contributed by atoms with van der Waals surface area (Å²) in [5, 5.41) is 18.2. The van der Waals surface area contributed by atoms with Crippen LogP contribution < -0.4 is 14.9 Å². The number of carbonyl (C=O) groups is 1. The molecule has 1 amide bonds. The van der Waals surface area contributed by atoms with E-state index in [0.717, 1.165) is 35.0 Å². The molecule has 2 heterocycles. The third kappa shape index (κ3) is 6.00. The fraction of sp³-hybridized carbons (Fsp3) is 0.464. The minimum Gasteiger partial charge on any atom is -0.390 e. The van der Waals surface area contributed by atoms with Crippen molar-refractivity contribution in [1.29, 1.82) is 0 Å². The highest BCUT2D eigenvalue weighted by Gasteiger charge is 2.29. The van der Waals surface area contributed by atoms with Crippen molar-refractivity contribution in [3.05, 3.63) is 65.4 Å². The second-order valence-electron chi connectivity index (χ2n) is 10.3. The second-order valence-corrected chi connectivity index (χ2v) is 12.4. The average molecular weight is 527 g/mol. The topological polar surface area (TPSA) is 104 Å². The third-order valence-electron chi connectivity index (χ3n) is 7.01. The van der Waals surface area contributed by atoms with E-state index in [0.29, 0.717) is 36.7 Å². The Morgan fingerprint density at radius 3 is 2.54 bits per heavy atom. The first-order chi connectivity index (χ1) is 17.6. The van der Waals surface area contributed by atoms with Gasteiger partial charge in [0.15, 0.2) is 0 Å². The van der Waals surface area contributed by atoms with Crippen LogP contribution in [0.4, 0.5) is 5.69 Å². The maximum absolute atomic E-state index is 13.6. The summed E-state index contributed by atoms with van der Waals surface area (Å²) < 4.78 is 28.9. The van der Waals surface area contributed by atoms with Gasteiger partial charge >= 0.3 is 0 Å². The van der Waals surface area contributed by atoms with Crippen LogP contribution >= 0.6 is 0 Å². The summed E-state index contributed by atoms with van der Waals surface area (Å²) in [5.41, 5.74) is 3.78. The molecule has 1 aliphatic heterocycles. The lowest BCUT2D eigenvalue weighted by atomic mass is 9.99. The molecule has 2 aromatic carbocycles. The van der Waals surface area contributed by atoms with Gasteiger partial charge in [-0.1, -0.05) is 51.1 Å². The van der Waals surface area contributed by atoms with E-state index in [1.165, 1.54) is 4.31 Å². The largest absolute Gasteiger partial charge is 0.390 e. The molecule has 37 heavy (non-hydrogen) atoms. The number of benzene rings is 2. The van der Waals surface area contributed by atoms with Crippen molar-refractivity contribution < 1.29 is 18.3 Å². The van der Waals surface area contributed by atoms with E-state index < -0.39 is 22.2 Å². The molecule has 4 rings (SSSR count). The molecule has 0 spiro atoms. The van der Waals surface area contributed by atoms with Crippen LogP contribution in [0.15, 0.2) is 48.7 Å². The van der Waals surface area contributed by atoms with Gasteiger partial charge in [-0.05, 0) is 48.6 Å². The molecule has 200 valence electrons. The van der Waals surface area contributed by atoms with Gasteiger partial charge in [0.1, 0.15) is 0 Å². The number of aliphatic hydroxyl groups is 1. The molecule has 1 aromatic heterocycles. The standard InChI is InChI=1S/C28H38N4O4S/c1-5-21-18-32-11-12-37(35,36)31(4)25-15-22(14-23(21)27(25)32)28(34)30-24(13-20-9-7-6-8-10-20)26(33)17-29-16-19(2)3/h6-10,14-15,18-19,24,26,29,33H,5,11-13,16-17H2,1-4H3,(H,30,34)/t24-,26+/m0/s1. The van der Waals surface area contributed by atoms with Gasteiger partial charge in [-0.3, -0.25) is 9.10 Å². The molecule has 0 saturated heterocycles. The quantitative estimate of drug-likeness (QED) is 0.377. The Bertz CT molecular complexity index is 1350. The molecule has 3 aromatic rings. The molecule has 0 unspecified atom stereocenters. The minimum atomic E-state index is -3.51. The van der Waals surface area contributed by atoms with Gasteiger partial charge in [-0.2, -0.15) is 0 Å². The molecule has 0 bridgehead atoms. The Labute approximate surface area is 219 Å².